The molecule has 12 nitrogen and oxygen atoms in total. The van der Waals surface area contributed by atoms with Gasteiger partial charge in [0.1, 0.15) is 17.3 Å². The summed E-state index contributed by atoms with van der Waals surface area (Å²) in [5.41, 5.74) is 1.01. The molecule has 38 heavy (non-hydrogen) atoms. The number of fused-ring (bicyclic) bond motifs is 1. The number of nitrogens with zero attached hydrogens (tertiary/aromatic N) is 5. The molecule has 0 bridgehead atoms. The molecule has 6 rings (SSSR count). The van der Waals surface area contributed by atoms with E-state index < -0.39 is 11.5 Å². The first-order chi connectivity index (χ1) is 18.4. The summed E-state index contributed by atoms with van der Waals surface area (Å²) in [4.78, 5) is 40.2. The molecule has 0 atom stereocenters. The first-order valence-electron chi connectivity index (χ1n) is 12.5. The molecule has 2 fully saturated rings. The molecule has 1 aliphatic carbocycles. The summed E-state index contributed by atoms with van der Waals surface area (Å²) in [5, 5.41) is 21.1. The molecule has 0 radical (unpaired) electrons. The zero-order valence-corrected chi connectivity index (χ0v) is 20.4. The minimum Gasteiger partial charge on any atom is -0.493 e. The summed E-state index contributed by atoms with van der Waals surface area (Å²) in [6.07, 6.45) is 5.88. The molecule has 4 aromatic rings. The van der Waals surface area contributed by atoms with E-state index in [9.17, 15) is 14.7 Å². The Hall–Kier alpha value is -4.52. The number of H-pyrrole nitrogens is 2. The highest BCUT2D eigenvalue weighted by Crippen LogP contribution is 2.23. The van der Waals surface area contributed by atoms with Crippen molar-refractivity contribution in [2.24, 2.45) is 4.99 Å². The largest absolute Gasteiger partial charge is 0.493 e. The first kappa shape index (κ1) is 23.9. The number of halogens is 1. The molecule has 2 aliphatic rings. The lowest BCUT2D eigenvalue weighted by Gasteiger charge is -2.20. The van der Waals surface area contributed by atoms with Crippen LogP contribution in [0, 0.1) is 5.82 Å². The fourth-order valence-electron chi connectivity index (χ4n) is 4.38. The third kappa shape index (κ3) is 4.87. The van der Waals surface area contributed by atoms with Gasteiger partial charge in [-0.3, -0.25) is 14.8 Å². The Labute approximate surface area is 214 Å². The van der Waals surface area contributed by atoms with Crippen LogP contribution in [0.4, 0.5) is 15.9 Å². The van der Waals surface area contributed by atoms with Crippen LogP contribution in [-0.4, -0.2) is 72.7 Å². The van der Waals surface area contributed by atoms with Gasteiger partial charge in [0.2, 0.25) is 5.88 Å². The molecule has 1 aliphatic heterocycles. The van der Waals surface area contributed by atoms with Crippen LogP contribution in [0.5, 0.6) is 5.88 Å². The topological polar surface area (TPSA) is 156 Å². The van der Waals surface area contributed by atoms with Gasteiger partial charge in [0.05, 0.1) is 17.9 Å². The summed E-state index contributed by atoms with van der Waals surface area (Å²) in [5.74, 6) is -0.758. The van der Waals surface area contributed by atoms with Gasteiger partial charge in [-0.15, -0.1) is 0 Å². The van der Waals surface area contributed by atoms with Crippen molar-refractivity contribution in [3.8, 4) is 5.88 Å². The number of nitrogens with one attached hydrogen (secondary N) is 4. The van der Waals surface area contributed by atoms with Crippen molar-refractivity contribution in [2.75, 3.05) is 31.5 Å². The van der Waals surface area contributed by atoms with E-state index in [1.54, 1.807) is 27.7 Å². The lowest BCUT2D eigenvalue weighted by molar-refractivity contribution is 0.0766. The highest BCUT2D eigenvalue weighted by molar-refractivity contribution is 5.94. The third-order valence-electron chi connectivity index (χ3n) is 6.48. The zero-order valence-electron chi connectivity index (χ0n) is 20.4. The van der Waals surface area contributed by atoms with Crippen LogP contribution in [0.1, 0.15) is 35.3 Å². The average molecular weight is 520 g/mol. The Morgan fingerprint density at radius 1 is 1.21 bits per heavy atom. The van der Waals surface area contributed by atoms with Crippen molar-refractivity contribution < 1.29 is 14.3 Å². The van der Waals surface area contributed by atoms with E-state index in [2.05, 4.69) is 30.7 Å². The number of rotatable bonds is 5. The van der Waals surface area contributed by atoms with Gasteiger partial charge in [0.25, 0.3) is 5.91 Å². The lowest BCUT2D eigenvalue weighted by atomic mass is 10.1. The van der Waals surface area contributed by atoms with Crippen molar-refractivity contribution in [1.82, 2.24) is 34.8 Å². The summed E-state index contributed by atoms with van der Waals surface area (Å²) in [7, 11) is 0. The average Bonchev–Trinajstić information content (AvgIpc) is 3.61. The molecule has 5 N–H and O–H groups in total. The molecule has 1 amide bonds. The fraction of sp³-hybridized carbons (Fsp3) is 0.320. The predicted octanol–water partition coefficient (Wildman–Crippen LogP) is 0.380. The van der Waals surface area contributed by atoms with Crippen LogP contribution in [0.15, 0.2) is 40.2 Å². The van der Waals surface area contributed by atoms with E-state index >= 15 is 4.39 Å². The Kier molecular flexibility index (Phi) is 6.12. The summed E-state index contributed by atoms with van der Waals surface area (Å²) in [6, 6.07) is 6.23. The number of carbonyl (C=O) groups excluding carboxylic acids is 1. The standard InChI is InChI=1S/C25H26FN9O3/c26-17-10-14(24(37)34-8-1-6-27-7-9-34)2-5-18(17)30-20-12-21(29-16-3-4-16)35-22(32-20)15(13-28-35)11-19-23(36)33-25(38)31-19/h2,5,10-13,16,27,30,36H,1,3-4,6-9H2,(H2,31,33,38)/b15-11-,29-21?. The highest BCUT2D eigenvalue weighted by Gasteiger charge is 2.21. The van der Waals surface area contributed by atoms with Crippen molar-refractivity contribution in [3.63, 3.8) is 0 Å². The minimum atomic E-state index is -0.582. The van der Waals surface area contributed by atoms with E-state index in [4.69, 9.17) is 4.99 Å². The molecule has 196 valence electrons. The van der Waals surface area contributed by atoms with Gasteiger partial charge >= 0.3 is 5.69 Å². The van der Waals surface area contributed by atoms with Crippen molar-refractivity contribution in [1.29, 1.82) is 0 Å². The van der Waals surface area contributed by atoms with Crippen molar-refractivity contribution in [2.45, 2.75) is 25.3 Å². The number of amides is 1. The minimum absolute atomic E-state index is 0.158. The van der Waals surface area contributed by atoms with Gasteiger partial charge in [0, 0.05) is 36.5 Å². The Morgan fingerprint density at radius 3 is 2.84 bits per heavy atom. The van der Waals surface area contributed by atoms with Crippen LogP contribution in [0.2, 0.25) is 0 Å². The number of carbonyl (C=O) groups is 1. The zero-order chi connectivity index (χ0) is 26.2. The Balaban J connectivity index is 1.35. The molecule has 4 heterocycles. The van der Waals surface area contributed by atoms with Gasteiger partial charge in [-0.1, -0.05) is 0 Å². The number of aromatic hydroxyl groups is 1. The van der Waals surface area contributed by atoms with Crippen LogP contribution >= 0.6 is 0 Å². The highest BCUT2D eigenvalue weighted by atomic mass is 19.1. The number of aromatic amines is 2. The Bertz CT molecular complexity index is 1700. The first-order valence-corrected chi connectivity index (χ1v) is 12.5. The molecule has 1 saturated heterocycles. The van der Waals surface area contributed by atoms with Gasteiger partial charge in [0.15, 0.2) is 11.1 Å². The molecule has 0 unspecified atom stereocenters. The number of aromatic nitrogens is 5. The fourth-order valence-corrected chi connectivity index (χ4v) is 4.38. The second-order valence-corrected chi connectivity index (χ2v) is 9.40. The second kappa shape index (κ2) is 9.74. The summed E-state index contributed by atoms with van der Waals surface area (Å²) >= 11 is 0. The molecular formula is C25H26FN9O3. The number of imidazole rings is 1. The molecule has 13 heteroatoms. The normalized spacial score (nSPS) is 17.2. The van der Waals surface area contributed by atoms with Gasteiger partial charge in [-0.05, 0) is 50.1 Å². The molecule has 1 saturated carbocycles. The van der Waals surface area contributed by atoms with Crippen LogP contribution in [-0.2, 0) is 0 Å². The maximum absolute atomic E-state index is 15.1. The van der Waals surface area contributed by atoms with Crippen LogP contribution < -0.4 is 27.0 Å². The predicted molar refractivity (Wildman–Crippen MR) is 137 cm³/mol. The van der Waals surface area contributed by atoms with Crippen molar-refractivity contribution >= 4 is 29.1 Å². The SMILES string of the molecule is O=C(c1ccc(Nc2cc(=NC3CC3)n3nc/c(=C/c4[nH]c(=O)[nH]c4O)c3n2)c(F)c1)N1CCCNCC1. The maximum atomic E-state index is 15.1. The van der Waals surface area contributed by atoms with Crippen LogP contribution in [0.25, 0.3) is 11.7 Å². The molecule has 1 aromatic carbocycles. The molecular weight excluding hydrogens is 493 g/mol. The Morgan fingerprint density at radius 2 is 2.08 bits per heavy atom. The quantitative estimate of drug-likeness (QED) is 0.255. The van der Waals surface area contributed by atoms with Gasteiger partial charge in [-0.25, -0.2) is 14.2 Å². The number of hydrogen-bond donors (Lipinski definition) is 5. The van der Waals surface area contributed by atoms with Gasteiger partial charge < -0.3 is 25.6 Å². The number of benzene rings is 1. The smallest absolute Gasteiger partial charge is 0.326 e. The lowest BCUT2D eigenvalue weighted by Crippen LogP contribution is -2.34. The third-order valence-corrected chi connectivity index (χ3v) is 6.48. The molecule has 3 aromatic heterocycles. The van der Waals surface area contributed by atoms with E-state index in [0.29, 0.717) is 41.8 Å². The summed E-state index contributed by atoms with van der Waals surface area (Å²) in [6.45, 7) is 2.78. The van der Waals surface area contributed by atoms with E-state index in [0.717, 1.165) is 25.8 Å². The van der Waals surface area contributed by atoms with E-state index in [1.165, 1.54) is 18.2 Å². The molecule has 0 spiro atoms. The maximum Gasteiger partial charge on any atom is 0.326 e. The van der Waals surface area contributed by atoms with Gasteiger partial charge in [-0.2, -0.15) is 9.61 Å². The number of hydrogen-bond acceptors (Lipinski definition) is 8. The summed E-state index contributed by atoms with van der Waals surface area (Å²) < 4.78 is 16.7. The monoisotopic (exact) mass is 519 g/mol. The second-order valence-electron chi connectivity index (χ2n) is 9.40. The van der Waals surface area contributed by atoms with Crippen molar-refractivity contribution in [3.05, 3.63) is 68.7 Å². The van der Waals surface area contributed by atoms with E-state index in [-0.39, 0.29) is 34.8 Å². The van der Waals surface area contributed by atoms with Crippen LogP contribution in [0.3, 0.4) is 0 Å². The number of anilines is 2. The van der Waals surface area contributed by atoms with E-state index in [1.807, 2.05) is 0 Å².